The fraction of sp³-hybridized carbons (Fsp3) is 0. The molecule has 0 aliphatic heterocycles. The number of nitriles is 1. The lowest BCUT2D eigenvalue weighted by atomic mass is 10.6. The predicted molar refractivity (Wildman–Crippen MR) is 58.4 cm³/mol. The highest BCUT2D eigenvalue weighted by Gasteiger charge is 2.03. The number of hydrogen-bond donors (Lipinski definition) is 3. The summed E-state index contributed by atoms with van der Waals surface area (Å²) in [7, 11) is 0. The Balaban J connectivity index is 2.18. The minimum Gasteiger partial charge on any atom is -0.382 e. The van der Waals surface area contributed by atoms with Gasteiger partial charge >= 0.3 is 0 Å². The van der Waals surface area contributed by atoms with Crippen molar-refractivity contribution in [2.75, 3.05) is 11.5 Å². The Morgan fingerprint density at radius 2 is 2.25 bits per heavy atom. The summed E-state index contributed by atoms with van der Waals surface area (Å²) in [5.41, 5.74) is 10.8. The van der Waals surface area contributed by atoms with Crippen molar-refractivity contribution < 1.29 is 0 Å². The summed E-state index contributed by atoms with van der Waals surface area (Å²) in [5, 5.41) is 16.5. The molecule has 2 aromatic heterocycles. The summed E-state index contributed by atoms with van der Waals surface area (Å²) in [4.78, 5) is 10.8. The largest absolute Gasteiger partial charge is 0.382 e. The Kier molecular flexibility index (Phi) is 2.49. The Morgan fingerprint density at radius 3 is 2.81 bits per heavy atom. The standard InChI is InChI=1S/C7H6N8S/c8-1-3-2-11-7(16-3)15-14-6-12-4(9)5(10)13-6/h2H,9-10H2,(H,12,13)/b15-14+. The van der Waals surface area contributed by atoms with Crippen LogP contribution in [0.5, 0.6) is 0 Å². The number of hydrogen-bond acceptors (Lipinski definition) is 8. The molecule has 80 valence electrons. The Hall–Kier alpha value is -2.47. The normalized spacial score (nSPS) is 10.7. The molecule has 2 aromatic rings. The summed E-state index contributed by atoms with van der Waals surface area (Å²) < 4.78 is 0. The van der Waals surface area contributed by atoms with Gasteiger partial charge in [-0.05, 0) is 0 Å². The second-order valence-corrected chi connectivity index (χ2v) is 3.69. The van der Waals surface area contributed by atoms with Gasteiger partial charge in [-0.25, -0.2) is 4.98 Å². The molecule has 0 fully saturated rings. The molecule has 0 saturated carbocycles. The van der Waals surface area contributed by atoms with Gasteiger partial charge in [0.15, 0.2) is 5.82 Å². The number of nitrogens with two attached hydrogens (primary N) is 2. The maximum Gasteiger partial charge on any atom is 0.250 e. The van der Waals surface area contributed by atoms with Crippen molar-refractivity contribution in [3.8, 4) is 6.07 Å². The number of aromatic amines is 1. The lowest BCUT2D eigenvalue weighted by Crippen LogP contribution is -1.91. The monoisotopic (exact) mass is 234 g/mol. The third kappa shape index (κ3) is 1.96. The van der Waals surface area contributed by atoms with Crippen LogP contribution in [-0.4, -0.2) is 15.0 Å². The fourth-order valence-electron chi connectivity index (χ4n) is 0.887. The molecule has 5 N–H and O–H groups in total. The maximum atomic E-state index is 8.57. The van der Waals surface area contributed by atoms with Crippen LogP contribution in [0.4, 0.5) is 22.7 Å². The molecule has 0 aliphatic rings. The summed E-state index contributed by atoms with van der Waals surface area (Å²) in [6.07, 6.45) is 1.42. The van der Waals surface area contributed by atoms with E-state index in [9.17, 15) is 0 Å². The van der Waals surface area contributed by atoms with Gasteiger partial charge < -0.3 is 16.5 Å². The summed E-state index contributed by atoms with van der Waals surface area (Å²) in [6, 6.07) is 1.95. The first-order valence-corrected chi connectivity index (χ1v) is 4.89. The van der Waals surface area contributed by atoms with Crippen molar-refractivity contribution in [1.29, 1.82) is 5.26 Å². The second kappa shape index (κ2) is 3.95. The molecule has 0 aromatic carbocycles. The molecule has 0 bridgehead atoms. The number of imidazole rings is 1. The molecule has 2 heterocycles. The molecule has 8 nitrogen and oxygen atoms in total. The van der Waals surface area contributed by atoms with Gasteiger partial charge in [-0.15, -0.1) is 10.2 Å². The van der Waals surface area contributed by atoms with E-state index in [1.807, 2.05) is 6.07 Å². The Bertz CT molecular complexity index is 554. The van der Waals surface area contributed by atoms with Gasteiger partial charge in [0, 0.05) is 0 Å². The average molecular weight is 234 g/mol. The molecule has 9 heteroatoms. The van der Waals surface area contributed by atoms with Gasteiger partial charge in [0.25, 0.3) is 5.95 Å². The second-order valence-electron chi connectivity index (χ2n) is 2.68. The highest BCUT2D eigenvalue weighted by Crippen LogP contribution is 2.23. The van der Waals surface area contributed by atoms with Gasteiger partial charge in [0.1, 0.15) is 16.8 Å². The van der Waals surface area contributed by atoms with Gasteiger partial charge in [-0.2, -0.15) is 10.2 Å². The van der Waals surface area contributed by atoms with Gasteiger partial charge in [-0.3, -0.25) is 0 Å². The minimum atomic E-state index is 0.172. The van der Waals surface area contributed by atoms with E-state index in [0.29, 0.717) is 10.0 Å². The van der Waals surface area contributed by atoms with E-state index < -0.39 is 0 Å². The summed E-state index contributed by atoms with van der Waals surface area (Å²) >= 11 is 1.13. The SMILES string of the molecule is N#Cc1cnc(/N=N/c2nc(N)c(N)[nH]2)s1. The molecule has 0 atom stereocenters. The number of aromatic nitrogens is 3. The molecule has 0 aliphatic carbocycles. The number of nitrogens with zero attached hydrogens (tertiary/aromatic N) is 5. The number of rotatable bonds is 2. The third-order valence-electron chi connectivity index (χ3n) is 1.58. The molecule has 2 rings (SSSR count). The molecular weight excluding hydrogens is 228 g/mol. The zero-order chi connectivity index (χ0) is 11.5. The molecule has 0 unspecified atom stereocenters. The Morgan fingerprint density at radius 1 is 1.44 bits per heavy atom. The van der Waals surface area contributed by atoms with Crippen LogP contribution in [0.25, 0.3) is 0 Å². The van der Waals surface area contributed by atoms with Gasteiger partial charge in [0.05, 0.1) is 6.20 Å². The molecule has 16 heavy (non-hydrogen) atoms. The van der Waals surface area contributed by atoms with Crippen LogP contribution in [0.15, 0.2) is 16.4 Å². The van der Waals surface area contributed by atoms with E-state index in [1.165, 1.54) is 6.20 Å². The first-order chi connectivity index (χ1) is 7.69. The quantitative estimate of drug-likeness (QED) is 0.671. The molecule has 0 radical (unpaired) electrons. The lowest BCUT2D eigenvalue weighted by Gasteiger charge is -1.81. The van der Waals surface area contributed by atoms with E-state index in [-0.39, 0.29) is 17.6 Å². The van der Waals surface area contributed by atoms with Crippen LogP contribution < -0.4 is 11.5 Å². The van der Waals surface area contributed by atoms with Gasteiger partial charge in [-0.1, -0.05) is 11.3 Å². The fourth-order valence-corrected chi connectivity index (χ4v) is 1.42. The molecule has 0 spiro atoms. The highest BCUT2D eigenvalue weighted by molar-refractivity contribution is 7.15. The van der Waals surface area contributed by atoms with E-state index in [0.717, 1.165) is 11.3 Å². The van der Waals surface area contributed by atoms with E-state index in [2.05, 4.69) is 25.2 Å². The molecule has 0 saturated heterocycles. The van der Waals surface area contributed by atoms with Crippen LogP contribution in [-0.2, 0) is 0 Å². The first kappa shape index (κ1) is 10.1. The number of H-pyrrole nitrogens is 1. The minimum absolute atomic E-state index is 0.172. The van der Waals surface area contributed by atoms with Crippen molar-refractivity contribution >= 4 is 34.1 Å². The topological polar surface area (TPSA) is 142 Å². The first-order valence-electron chi connectivity index (χ1n) is 4.07. The average Bonchev–Trinajstić information content (AvgIpc) is 2.84. The summed E-state index contributed by atoms with van der Waals surface area (Å²) in [6.45, 7) is 0. The highest BCUT2D eigenvalue weighted by atomic mass is 32.1. The van der Waals surface area contributed by atoms with Crippen LogP contribution in [0.1, 0.15) is 4.88 Å². The summed E-state index contributed by atoms with van der Waals surface area (Å²) in [5.74, 6) is 0.611. The smallest absolute Gasteiger partial charge is 0.250 e. The molecular formula is C7H6N8S. The predicted octanol–water partition coefficient (Wildman–Crippen LogP) is 1.32. The van der Waals surface area contributed by atoms with Crippen LogP contribution in [0.3, 0.4) is 0 Å². The van der Waals surface area contributed by atoms with Gasteiger partial charge in [0.2, 0.25) is 5.13 Å². The van der Waals surface area contributed by atoms with Crippen molar-refractivity contribution in [1.82, 2.24) is 15.0 Å². The van der Waals surface area contributed by atoms with E-state index >= 15 is 0 Å². The van der Waals surface area contributed by atoms with E-state index in [4.69, 9.17) is 16.7 Å². The van der Waals surface area contributed by atoms with Crippen LogP contribution >= 0.6 is 11.3 Å². The van der Waals surface area contributed by atoms with E-state index in [1.54, 1.807) is 0 Å². The van der Waals surface area contributed by atoms with Crippen LogP contribution in [0, 0.1) is 11.3 Å². The van der Waals surface area contributed by atoms with Crippen molar-refractivity contribution in [2.24, 2.45) is 10.2 Å². The van der Waals surface area contributed by atoms with Crippen molar-refractivity contribution in [2.45, 2.75) is 0 Å². The zero-order valence-corrected chi connectivity index (χ0v) is 8.69. The number of azo groups is 1. The maximum absolute atomic E-state index is 8.57. The third-order valence-corrected chi connectivity index (χ3v) is 2.37. The van der Waals surface area contributed by atoms with Crippen LogP contribution in [0.2, 0.25) is 0 Å². The zero-order valence-electron chi connectivity index (χ0n) is 7.88. The molecule has 0 amide bonds. The Labute approximate surface area is 93.7 Å². The number of nitrogen functional groups attached to an aromatic ring is 2. The van der Waals surface area contributed by atoms with Crippen molar-refractivity contribution in [3.05, 3.63) is 11.1 Å². The number of anilines is 2. The number of nitrogens with one attached hydrogen (secondary N) is 1. The number of thiazole rings is 1. The lowest BCUT2D eigenvalue weighted by molar-refractivity contribution is 1.11. The van der Waals surface area contributed by atoms with Crippen molar-refractivity contribution in [3.63, 3.8) is 0 Å².